The first-order valence-corrected chi connectivity index (χ1v) is 6.28. The summed E-state index contributed by atoms with van der Waals surface area (Å²) in [6.07, 6.45) is -1.68. The maximum Gasteiger partial charge on any atom is 0.511 e. The first kappa shape index (κ1) is 16.5. The molecule has 0 radical (unpaired) electrons. The third-order valence-corrected chi connectivity index (χ3v) is 2.89. The third-order valence-electron chi connectivity index (χ3n) is 2.89. The zero-order chi connectivity index (χ0) is 17.9. The number of nitrogens with two attached hydrogens (primary N) is 1. The summed E-state index contributed by atoms with van der Waals surface area (Å²) in [7, 11) is 0. The van der Waals surface area contributed by atoms with Crippen LogP contribution in [0.2, 0.25) is 0 Å². The van der Waals surface area contributed by atoms with Crippen LogP contribution in [0.1, 0.15) is 0 Å². The molecular formula is C13H10N4O7. The number of ether oxygens (including phenoxy) is 1. The van der Waals surface area contributed by atoms with Crippen molar-refractivity contribution >= 4 is 34.6 Å². The molecule has 0 aromatic heterocycles. The maximum absolute atomic E-state index is 10.8. The molecule has 0 saturated heterocycles. The summed E-state index contributed by atoms with van der Waals surface area (Å²) < 4.78 is 4.50. The number of anilines is 3. The van der Waals surface area contributed by atoms with Gasteiger partial charge >= 0.3 is 6.16 Å². The van der Waals surface area contributed by atoms with Gasteiger partial charge in [0.05, 0.1) is 33.0 Å². The number of hydrogen-bond acceptors (Lipinski definition) is 8. The van der Waals surface area contributed by atoms with E-state index in [1.807, 2.05) is 0 Å². The Morgan fingerprint density at radius 1 is 1.04 bits per heavy atom. The molecule has 0 bridgehead atoms. The van der Waals surface area contributed by atoms with E-state index in [9.17, 15) is 25.0 Å². The van der Waals surface area contributed by atoms with Crippen LogP contribution in [0.15, 0.2) is 36.4 Å². The largest absolute Gasteiger partial charge is 0.511 e. The number of carbonyl (C=O) groups is 1. The van der Waals surface area contributed by atoms with Gasteiger partial charge in [-0.15, -0.1) is 0 Å². The number of non-ortho nitro benzene ring substituents is 2. The number of nitro groups is 2. The van der Waals surface area contributed by atoms with Gasteiger partial charge < -0.3 is 20.9 Å². The zero-order valence-corrected chi connectivity index (χ0v) is 11.8. The Balaban J connectivity index is 2.45. The summed E-state index contributed by atoms with van der Waals surface area (Å²) in [5.74, 6) is -0.345. The molecule has 11 heteroatoms. The van der Waals surface area contributed by atoms with E-state index in [-0.39, 0.29) is 34.2 Å². The highest BCUT2D eigenvalue weighted by Crippen LogP contribution is 2.34. The summed E-state index contributed by atoms with van der Waals surface area (Å²) in [6, 6.07) is 6.86. The average molecular weight is 334 g/mol. The van der Waals surface area contributed by atoms with E-state index in [0.717, 1.165) is 18.2 Å². The summed E-state index contributed by atoms with van der Waals surface area (Å²) in [6.45, 7) is 0. The molecule has 0 aliphatic rings. The molecule has 4 N–H and O–H groups in total. The zero-order valence-electron chi connectivity index (χ0n) is 11.8. The number of hydrogen-bond donors (Lipinski definition) is 3. The van der Waals surface area contributed by atoms with Gasteiger partial charge in [-0.3, -0.25) is 20.2 Å². The van der Waals surface area contributed by atoms with Gasteiger partial charge in [0.2, 0.25) is 0 Å². The Bertz CT molecular complexity index is 837. The SMILES string of the molecule is Nc1ccc([N+](=O)[O-])cc1Nc1ccc([N+](=O)[O-])cc1OC(=O)O. The Kier molecular flexibility index (Phi) is 4.45. The van der Waals surface area contributed by atoms with Crippen LogP contribution in [0.25, 0.3) is 0 Å². The predicted octanol–water partition coefficient (Wildman–Crippen LogP) is 2.89. The van der Waals surface area contributed by atoms with Gasteiger partial charge in [0.25, 0.3) is 11.4 Å². The summed E-state index contributed by atoms with van der Waals surface area (Å²) in [5, 5.41) is 33.0. The maximum atomic E-state index is 10.8. The van der Waals surface area contributed by atoms with E-state index in [0.29, 0.717) is 0 Å². The second kappa shape index (κ2) is 6.48. The second-order valence-electron chi connectivity index (χ2n) is 4.46. The van der Waals surface area contributed by atoms with E-state index in [1.54, 1.807) is 0 Å². The fourth-order valence-electron chi connectivity index (χ4n) is 1.82. The molecule has 2 aromatic rings. The molecule has 0 spiro atoms. The molecule has 0 unspecified atom stereocenters. The van der Waals surface area contributed by atoms with Gasteiger partial charge in [-0.05, 0) is 12.1 Å². The van der Waals surface area contributed by atoms with Crippen molar-refractivity contribution < 1.29 is 24.5 Å². The van der Waals surface area contributed by atoms with Crippen molar-refractivity contribution in [3.8, 4) is 5.75 Å². The first-order valence-electron chi connectivity index (χ1n) is 6.28. The molecule has 2 aromatic carbocycles. The van der Waals surface area contributed by atoms with Crippen LogP contribution in [-0.4, -0.2) is 21.1 Å². The van der Waals surface area contributed by atoms with Crippen molar-refractivity contribution in [3.63, 3.8) is 0 Å². The summed E-state index contributed by atoms with van der Waals surface area (Å²) in [5.41, 5.74) is 5.40. The highest BCUT2D eigenvalue weighted by atomic mass is 16.7. The fraction of sp³-hybridized carbons (Fsp3) is 0. The topological polar surface area (TPSA) is 171 Å². The smallest absolute Gasteiger partial charge is 0.449 e. The van der Waals surface area contributed by atoms with Gasteiger partial charge in [-0.2, -0.15) is 0 Å². The van der Waals surface area contributed by atoms with Gasteiger partial charge in [-0.25, -0.2) is 4.79 Å². The van der Waals surface area contributed by atoms with E-state index in [1.165, 1.54) is 18.2 Å². The number of nitrogen functional groups attached to an aromatic ring is 1. The quantitative estimate of drug-likeness (QED) is 0.244. The van der Waals surface area contributed by atoms with Crippen LogP contribution < -0.4 is 15.8 Å². The van der Waals surface area contributed by atoms with E-state index < -0.39 is 16.0 Å². The normalized spacial score (nSPS) is 10.0. The molecule has 11 nitrogen and oxygen atoms in total. The lowest BCUT2D eigenvalue weighted by molar-refractivity contribution is -0.385. The number of nitrogens with zero attached hydrogens (tertiary/aromatic N) is 2. The molecule has 124 valence electrons. The highest BCUT2D eigenvalue weighted by Gasteiger charge is 2.16. The second-order valence-corrected chi connectivity index (χ2v) is 4.46. The van der Waals surface area contributed by atoms with Crippen molar-refractivity contribution in [3.05, 3.63) is 56.6 Å². The van der Waals surface area contributed by atoms with Crippen LogP contribution in [-0.2, 0) is 0 Å². The number of carboxylic acid groups (broad SMARTS) is 1. The Morgan fingerprint density at radius 2 is 1.62 bits per heavy atom. The van der Waals surface area contributed by atoms with E-state index in [2.05, 4.69) is 10.1 Å². The van der Waals surface area contributed by atoms with E-state index in [4.69, 9.17) is 10.8 Å². The Morgan fingerprint density at radius 3 is 2.21 bits per heavy atom. The molecule has 0 fully saturated rings. The first-order chi connectivity index (χ1) is 11.3. The minimum absolute atomic E-state index is 0.0372. The van der Waals surface area contributed by atoms with Crippen LogP contribution in [0, 0.1) is 20.2 Å². The van der Waals surface area contributed by atoms with Crippen molar-refractivity contribution in [2.75, 3.05) is 11.1 Å². The number of rotatable bonds is 5. The summed E-state index contributed by atoms with van der Waals surface area (Å²) >= 11 is 0. The minimum Gasteiger partial charge on any atom is -0.449 e. The van der Waals surface area contributed by atoms with Crippen LogP contribution >= 0.6 is 0 Å². The molecule has 0 saturated carbocycles. The molecule has 0 atom stereocenters. The Labute approximate surface area is 133 Å². The summed E-state index contributed by atoms with van der Waals surface area (Å²) in [4.78, 5) is 31.0. The van der Waals surface area contributed by atoms with Crippen LogP contribution in [0.5, 0.6) is 5.75 Å². The van der Waals surface area contributed by atoms with Gasteiger partial charge in [0, 0.05) is 18.2 Å². The van der Waals surface area contributed by atoms with Gasteiger partial charge in [0.15, 0.2) is 5.75 Å². The number of benzene rings is 2. The van der Waals surface area contributed by atoms with Crippen LogP contribution in [0.4, 0.5) is 33.2 Å². The average Bonchev–Trinajstić information content (AvgIpc) is 2.50. The van der Waals surface area contributed by atoms with Gasteiger partial charge in [0.1, 0.15) is 0 Å². The standard InChI is InChI=1S/C13H10N4O7/c14-9-3-1-7(16(20)21)5-11(9)15-10-4-2-8(17(22)23)6-12(10)24-13(18)19/h1-6,15H,14H2,(H,18,19). The van der Waals surface area contributed by atoms with Crippen molar-refractivity contribution in [2.45, 2.75) is 0 Å². The lowest BCUT2D eigenvalue weighted by Gasteiger charge is -2.12. The fourth-order valence-corrected chi connectivity index (χ4v) is 1.82. The molecule has 0 aliphatic heterocycles. The lowest BCUT2D eigenvalue weighted by Crippen LogP contribution is -2.06. The molecule has 24 heavy (non-hydrogen) atoms. The molecular weight excluding hydrogens is 324 g/mol. The number of nitro benzene ring substituents is 2. The predicted molar refractivity (Wildman–Crippen MR) is 82.5 cm³/mol. The minimum atomic E-state index is -1.68. The molecule has 2 rings (SSSR count). The third kappa shape index (κ3) is 3.65. The van der Waals surface area contributed by atoms with E-state index >= 15 is 0 Å². The monoisotopic (exact) mass is 334 g/mol. The lowest BCUT2D eigenvalue weighted by atomic mass is 10.2. The van der Waals surface area contributed by atoms with Crippen molar-refractivity contribution in [2.24, 2.45) is 0 Å². The molecule has 0 amide bonds. The molecule has 0 heterocycles. The van der Waals surface area contributed by atoms with Gasteiger partial charge in [-0.1, -0.05) is 0 Å². The highest BCUT2D eigenvalue weighted by molar-refractivity contribution is 5.79. The van der Waals surface area contributed by atoms with Crippen molar-refractivity contribution in [1.82, 2.24) is 0 Å². The Hall–Kier alpha value is -3.89. The van der Waals surface area contributed by atoms with Crippen molar-refractivity contribution in [1.29, 1.82) is 0 Å². The van der Waals surface area contributed by atoms with Crippen LogP contribution in [0.3, 0.4) is 0 Å². The molecule has 0 aliphatic carbocycles. The number of nitrogens with one attached hydrogen (secondary N) is 1.